The van der Waals surface area contributed by atoms with Gasteiger partial charge in [0.2, 0.25) is 5.91 Å². The fourth-order valence-electron chi connectivity index (χ4n) is 4.18. The summed E-state index contributed by atoms with van der Waals surface area (Å²) in [6.07, 6.45) is 3.00. The highest BCUT2D eigenvalue weighted by Crippen LogP contribution is 2.34. The van der Waals surface area contributed by atoms with Crippen molar-refractivity contribution in [3.05, 3.63) is 69.7 Å². The minimum Gasteiger partial charge on any atom is -0.381 e. The van der Waals surface area contributed by atoms with Gasteiger partial charge in [-0.15, -0.1) is 0 Å². The van der Waals surface area contributed by atoms with Gasteiger partial charge < -0.3 is 15.0 Å². The number of carbonyl (C=O) groups excluding carboxylic acids is 2. The molecule has 0 atom stereocenters. The maximum absolute atomic E-state index is 13.2. The molecule has 2 aromatic carbocycles. The van der Waals surface area contributed by atoms with Crippen LogP contribution in [0.2, 0.25) is 0 Å². The molecule has 0 aromatic heterocycles. The molecular formula is C23H25BrN2O3. The van der Waals surface area contributed by atoms with Gasteiger partial charge in [0.05, 0.1) is 5.54 Å². The molecule has 0 spiro atoms. The lowest BCUT2D eigenvalue weighted by Crippen LogP contribution is -2.49. The van der Waals surface area contributed by atoms with E-state index in [2.05, 4.69) is 33.4 Å². The van der Waals surface area contributed by atoms with Crippen molar-refractivity contribution < 1.29 is 14.3 Å². The number of amides is 2. The summed E-state index contributed by atoms with van der Waals surface area (Å²) in [6, 6.07) is 15.7. The fourth-order valence-corrected chi connectivity index (χ4v) is 4.58. The second-order valence-electron chi connectivity index (χ2n) is 7.78. The van der Waals surface area contributed by atoms with E-state index in [1.165, 1.54) is 0 Å². The normalized spacial score (nSPS) is 18.7. The fraction of sp³-hybridized carbons (Fsp3) is 0.391. The zero-order chi connectivity index (χ0) is 20.3. The molecule has 0 radical (unpaired) electrons. The van der Waals surface area contributed by atoms with Gasteiger partial charge in [-0.1, -0.05) is 40.2 Å². The number of benzene rings is 2. The van der Waals surface area contributed by atoms with Gasteiger partial charge in [-0.2, -0.15) is 0 Å². The zero-order valence-corrected chi connectivity index (χ0v) is 17.9. The van der Waals surface area contributed by atoms with E-state index in [0.29, 0.717) is 31.7 Å². The summed E-state index contributed by atoms with van der Waals surface area (Å²) in [5, 5.41) is 3.30. The van der Waals surface area contributed by atoms with Crippen molar-refractivity contribution in [3.8, 4) is 0 Å². The largest absolute Gasteiger partial charge is 0.381 e. The number of carbonyl (C=O) groups is 2. The molecule has 2 fully saturated rings. The van der Waals surface area contributed by atoms with Crippen LogP contribution in [-0.4, -0.2) is 36.5 Å². The first-order chi connectivity index (χ1) is 14.1. The van der Waals surface area contributed by atoms with Gasteiger partial charge in [0, 0.05) is 42.8 Å². The van der Waals surface area contributed by atoms with Crippen LogP contribution in [0.25, 0.3) is 0 Å². The molecule has 0 bridgehead atoms. The quantitative estimate of drug-likeness (QED) is 0.739. The summed E-state index contributed by atoms with van der Waals surface area (Å²) in [5.74, 6) is 0.0946. The van der Waals surface area contributed by atoms with Crippen molar-refractivity contribution in [3.63, 3.8) is 0 Å². The van der Waals surface area contributed by atoms with Crippen LogP contribution in [0, 0.1) is 0 Å². The second-order valence-corrected chi connectivity index (χ2v) is 8.69. The van der Waals surface area contributed by atoms with Gasteiger partial charge in [-0.25, -0.2) is 0 Å². The predicted octanol–water partition coefficient (Wildman–Crippen LogP) is 4.01. The molecule has 0 unspecified atom stereocenters. The van der Waals surface area contributed by atoms with Gasteiger partial charge >= 0.3 is 0 Å². The Morgan fingerprint density at radius 1 is 1.14 bits per heavy atom. The Labute approximate surface area is 179 Å². The highest BCUT2D eigenvalue weighted by atomic mass is 79.9. The van der Waals surface area contributed by atoms with E-state index in [1.54, 1.807) is 0 Å². The first-order valence-corrected chi connectivity index (χ1v) is 10.9. The topological polar surface area (TPSA) is 58.6 Å². The van der Waals surface area contributed by atoms with E-state index in [4.69, 9.17) is 4.74 Å². The molecule has 152 valence electrons. The summed E-state index contributed by atoms with van der Waals surface area (Å²) >= 11 is 3.54. The summed E-state index contributed by atoms with van der Waals surface area (Å²) in [7, 11) is 0. The van der Waals surface area contributed by atoms with Crippen molar-refractivity contribution in [2.24, 2.45) is 0 Å². The number of nitrogens with zero attached hydrogens (tertiary/aromatic N) is 1. The summed E-state index contributed by atoms with van der Waals surface area (Å²) < 4.78 is 6.56. The van der Waals surface area contributed by atoms with Crippen molar-refractivity contribution in [2.45, 2.75) is 37.8 Å². The molecule has 2 aliphatic rings. The number of hydrogen-bond acceptors (Lipinski definition) is 3. The van der Waals surface area contributed by atoms with Crippen LogP contribution in [-0.2, 0) is 21.6 Å². The number of nitrogens with one attached hydrogen (secondary N) is 1. The third-order valence-electron chi connectivity index (χ3n) is 5.81. The van der Waals surface area contributed by atoms with Gasteiger partial charge in [0.15, 0.2) is 0 Å². The van der Waals surface area contributed by atoms with Crippen molar-refractivity contribution in [2.75, 3.05) is 19.8 Å². The van der Waals surface area contributed by atoms with Crippen LogP contribution in [0.3, 0.4) is 0 Å². The van der Waals surface area contributed by atoms with Crippen LogP contribution in [0.1, 0.15) is 47.2 Å². The van der Waals surface area contributed by atoms with Gasteiger partial charge in [-0.05, 0) is 54.7 Å². The zero-order valence-electron chi connectivity index (χ0n) is 16.3. The molecular weight excluding hydrogens is 432 g/mol. The van der Waals surface area contributed by atoms with Crippen molar-refractivity contribution in [1.29, 1.82) is 0 Å². The second kappa shape index (κ2) is 8.67. The summed E-state index contributed by atoms with van der Waals surface area (Å²) in [6.45, 7) is 2.58. The molecule has 2 amide bonds. The Bertz CT molecular complexity index is 909. The predicted molar refractivity (Wildman–Crippen MR) is 114 cm³/mol. The molecule has 2 saturated heterocycles. The van der Waals surface area contributed by atoms with E-state index in [1.807, 2.05) is 41.3 Å². The number of ether oxygens (including phenoxy) is 1. The molecule has 6 heteroatoms. The highest BCUT2D eigenvalue weighted by molar-refractivity contribution is 9.10. The molecule has 0 saturated carbocycles. The minimum atomic E-state index is -0.444. The molecule has 29 heavy (non-hydrogen) atoms. The van der Waals surface area contributed by atoms with E-state index in [-0.39, 0.29) is 11.8 Å². The Hall–Kier alpha value is -2.18. The van der Waals surface area contributed by atoms with Crippen molar-refractivity contribution in [1.82, 2.24) is 10.2 Å². The first-order valence-electron chi connectivity index (χ1n) is 10.1. The first kappa shape index (κ1) is 20.1. The summed E-state index contributed by atoms with van der Waals surface area (Å²) in [4.78, 5) is 27.0. The Morgan fingerprint density at radius 3 is 2.66 bits per heavy atom. The average Bonchev–Trinajstić information content (AvgIpc) is 3.13. The lowest BCUT2D eigenvalue weighted by Gasteiger charge is -2.38. The molecule has 2 heterocycles. The number of likely N-dealkylation sites (tertiary alicyclic amines) is 1. The Kier molecular flexibility index (Phi) is 6.01. The third kappa shape index (κ3) is 4.54. The number of hydrogen-bond donors (Lipinski definition) is 1. The summed E-state index contributed by atoms with van der Waals surface area (Å²) in [5.41, 5.74) is 2.24. The van der Waals surface area contributed by atoms with Gasteiger partial charge in [0.1, 0.15) is 0 Å². The Morgan fingerprint density at radius 2 is 1.93 bits per heavy atom. The van der Waals surface area contributed by atoms with Crippen molar-refractivity contribution >= 4 is 27.7 Å². The maximum atomic E-state index is 13.2. The lowest BCUT2D eigenvalue weighted by molar-refractivity contribution is -0.128. The maximum Gasteiger partial charge on any atom is 0.251 e. The minimum absolute atomic E-state index is 0.0959. The average molecular weight is 457 g/mol. The van der Waals surface area contributed by atoms with E-state index in [9.17, 15) is 9.59 Å². The third-order valence-corrected chi connectivity index (χ3v) is 6.30. The van der Waals surface area contributed by atoms with E-state index in [0.717, 1.165) is 41.4 Å². The van der Waals surface area contributed by atoms with E-state index < -0.39 is 5.54 Å². The van der Waals surface area contributed by atoms with Crippen LogP contribution < -0.4 is 5.32 Å². The molecule has 1 N–H and O–H groups in total. The highest BCUT2D eigenvalue weighted by Gasteiger charge is 2.36. The van der Waals surface area contributed by atoms with E-state index >= 15 is 0 Å². The standard InChI is InChI=1S/C23H25BrN2O3/c24-20-7-2-6-19(15-20)23(9-12-29-13-10-23)25-22(28)18-5-1-4-17(14-18)16-26-11-3-8-21(26)27/h1-2,4-7,14-15H,3,8-13,16H2,(H,25,28). The van der Waals surface area contributed by atoms with Crippen LogP contribution in [0.15, 0.2) is 53.0 Å². The Balaban J connectivity index is 1.55. The molecule has 5 nitrogen and oxygen atoms in total. The van der Waals surface area contributed by atoms with Gasteiger partial charge in [-0.3, -0.25) is 9.59 Å². The number of halogens is 1. The van der Waals surface area contributed by atoms with Crippen LogP contribution in [0.5, 0.6) is 0 Å². The van der Waals surface area contributed by atoms with Gasteiger partial charge in [0.25, 0.3) is 5.91 Å². The van der Waals surface area contributed by atoms with Crippen LogP contribution in [0.4, 0.5) is 0 Å². The number of rotatable bonds is 5. The molecule has 4 rings (SSSR count). The monoisotopic (exact) mass is 456 g/mol. The molecule has 2 aromatic rings. The molecule has 0 aliphatic carbocycles. The lowest BCUT2D eigenvalue weighted by atomic mass is 9.82. The SMILES string of the molecule is O=C(NC1(c2cccc(Br)c2)CCOCC1)c1cccc(CN2CCCC2=O)c1. The smallest absolute Gasteiger partial charge is 0.251 e. The molecule has 2 aliphatic heterocycles. The van der Waals surface area contributed by atoms with Crippen LogP contribution >= 0.6 is 15.9 Å².